The van der Waals surface area contributed by atoms with Gasteiger partial charge < -0.3 is 0 Å². The molecule has 3 heteroatoms. The first-order valence-electron chi connectivity index (χ1n) is 2.95. The van der Waals surface area contributed by atoms with Gasteiger partial charge in [-0.2, -0.15) is 8.75 Å². The van der Waals surface area contributed by atoms with Gasteiger partial charge in [0.15, 0.2) is 0 Å². The van der Waals surface area contributed by atoms with Crippen LogP contribution in [0.2, 0.25) is 0 Å². The molecule has 0 saturated carbocycles. The molecule has 0 atom stereocenters. The molecule has 1 aliphatic carbocycles. The maximum Gasteiger partial charge on any atom is 0.0998 e. The second-order valence-electron chi connectivity index (χ2n) is 2.04. The molecule has 1 aromatic rings. The second-order valence-corrected chi connectivity index (χ2v) is 2.57. The van der Waals surface area contributed by atoms with Crippen LogP contribution in [0.1, 0.15) is 17.8 Å². The van der Waals surface area contributed by atoms with Gasteiger partial charge in [-0.3, -0.25) is 0 Å². The molecule has 0 amide bonds. The van der Waals surface area contributed by atoms with Gasteiger partial charge in [-0.05, 0) is 18.9 Å². The van der Waals surface area contributed by atoms with Crippen LogP contribution in [0.15, 0.2) is 6.08 Å². The third-order valence-corrected chi connectivity index (χ3v) is 1.99. The molecule has 2 nitrogen and oxygen atoms in total. The van der Waals surface area contributed by atoms with Gasteiger partial charge in [-0.25, -0.2) is 0 Å². The molecule has 2 rings (SSSR count). The molecule has 1 aliphatic rings. The number of hydrogen-bond acceptors (Lipinski definition) is 3. The minimum Gasteiger partial charge on any atom is -0.177 e. The highest BCUT2D eigenvalue weighted by Crippen LogP contribution is 2.15. The monoisotopic (exact) mass is 138 g/mol. The first-order chi connectivity index (χ1) is 4.47. The summed E-state index contributed by atoms with van der Waals surface area (Å²) in [5, 5.41) is 0. The lowest BCUT2D eigenvalue weighted by atomic mass is 10.1. The number of aryl methyl sites for hydroxylation is 1. The first kappa shape index (κ1) is 5.11. The Morgan fingerprint density at radius 1 is 1.44 bits per heavy atom. The summed E-state index contributed by atoms with van der Waals surface area (Å²) >= 11 is 1.30. The zero-order valence-electron chi connectivity index (χ0n) is 4.87. The molecule has 0 N–H and O–H groups in total. The van der Waals surface area contributed by atoms with Crippen molar-refractivity contribution in [3.05, 3.63) is 17.5 Å². The summed E-state index contributed by atoms with van der Waals surface area (Å²) in [5.74, 6) is 0. The Hall–Kier alpha value is -0.700. The van der Waals surface area contributed by atoms with Crippen LogP contribution < -0.4 is 0 Å². The largest absolute Gasteiger partial charge is 0.177 e. The van der Waals surface area contributed by atoms with Gasteiger partial charge in [0.2, 0.25) is 0 Å². The molecule has 1 aromatic heterocycles. The average molecular weight is 138 g/mol. The zero-order valence-corrected chi connectivity index (χ0v) is 5.69. The van der Waals surface area contributed by atoms with Crippen LogP contribution in [0.25, 0.3) is 6.08 Å². The van der Waals surface area contributed by atoms with Crippen molar-refractivity contribution in [2.24, 2.45) is 0 Å². The Morgan fingerprint density at radius 2 is 2.44 bits per heavy atom. The fraction of sp³-hybridized carbons (Fsp3) is 0.333. The van der Waals surface area contributed by atoms with Crippen LogP contribution in [-0.2, 0) is 6.42 Å². The van der Waals surface area contributed by atoms with Crippen molar-refractivity contribution in [1.29, 1.82) is 0 Å². The molecule has 0 radical (unpaired) electrons. The number of aromatic nitrogens is 2. The second kappa shape index (κ2) is 1.92. The van der Waals surface area contributed by atoms with Crippen LogP contribution in [-0.4, -0.2) is 8.75 Å². The maximum atomic E-state index is 4.14. The summed E-state index contributed by atoms with van der Waals surface area (Å²) in [6, 6.07) is 0. The number of fused-ring (bicyclic) bond motifs is 1. The molecule has 0 bridgehead atoms. The quantitative estimate of drug-likeness (QED) is 0.543. The van der Waals surface area contributed by atoms with Crippen molar-refractivity contribution in [2.75, 3.05) is 0 Å². The lowest BCUT2D eigenvalue weighted by molar-refractivity contribution is 0.949. The van der Waals surface area contributed by atoms with E-state index in [1.807, 2.05) is 6.08 Å². The van der Waals surface area contributed by atoms with E-state index in [1.165, 1.54) is 17.4 Å². The van der Waals surface area contributed by atoms with E-state index in [0.29, 0.717) is 0 Å². The minimum atomic E-state index is 1.07. The normalized spacial score (nSPS) is 15.6. The summed E-state index contributed by atoms with van der Waals surface area (Å²) in [6.07, 6.45) is 6.38. The highest BCUT2D eigenvalue weighted by Gasteiger charge is 2.06. The third-order valence-electron chi connectivity index (χ3n) is 1.41. The molecular weight excluding hydrogens is 132 g/mol. The van der Waals surface area contributed by atoms with Crippen LogP contribution in [0, 0.1) is 0 Å². The van der Waals surface area contributed by atoms with Gasteiger partial charge in [-0.1, -0.05) is 6.08 Å². The van der Waals surface area contributed by atoms with Gasteiger partial charge in [0.05, 0.1) is 23.1 Å². The van der Waals surface area contributed by atoms with E-state index in [1.54, 1.807) is 0 Å². The van der Waals surface area contributed by atoms with Crippen molar-refractivity contribution >= 4 is 17.8 Å². The van der Waals surface area contributed by atoms with E-state index >= 15 is 0 Å². The minimum absolute atomic E-state index is 1.07. The average Bonchev–Trinajstić information content (AvgIpc) is 2.33. The Labute approximate surface area is 57.6 Å². The lowest BCUT2D eigenvalue weighted by Gasteiger charge is -1.97. The van der Waals surface area contributed by atoms with E-state index in [-0.39, 0.29) is 0 Å². The SMILES string of the molecule is C1=Cc2nsnc2CC1. The van der Waals surface area contributed by atoms with Crippen LogP contribution in [0.3, 0.4) is 0 Å². The van der Waals surface area contributed by atoms with Crippen molar-refractivity contribution in [3.8, 4) is 0 Å². The third kappa shape index (κ3) is 0.772. The molecule has 0 unspecified atom stereocenters. The summed E-state index contributed by atoms with van der Waals surface area (Å²) in [5.41, 5.74) is 2.24. The van der Waals surface area contributed by atoms with E-state index in [2.05, 4.69) is 14.8 Å². The fourth-order valence-corrected chi connectivity index (χ4v) is 1.51. The van der Waals surface area contributed by atoms with E-state index < -0.39 is 0 Å². The van der Waals surface area contributed by atoms with Gasteiger partial charge >= 0.3 is 0 Å². The Bertz CT molecular complexity index is 239. The molecule has 46 valence electrons. The molecule has 9 heavy (non-hydrogen) atoms. The molecule has 1 heterocycles. The van der Waals surface area contributed by atoms with Crippen molar-refractivity contribution in [3.63, 3.8) is 0 Å². The molecule has 0 fully saturated rings. The smallest absolute Gasteiger partial charge is 0.0998 e. The van der Waals surface area contributed by atoms with Gasteiger partial charge in [0, 0.05) is 0 Å². The zero-order chi connectivity index (χ0) is 6.10. The Kier molecular flexibility index (Phi) is 1.09. The molecular formula is C6H6N2S. The van der Waals surface area contributed by atoms with Gasteiger partial charge in [-0.15, -0.1) is 0 Å². The van der Waals surface area contributed by atoms with Crippen LogP contribution in [0.4, 0.5) is 0 Å². The summed E-state index contributed by atoms with van der Waals surface area (Å²) in [4.78, 5) is 0. The topological polar surface area (TPSA) is 25.8 Å². The van der Waals surface area contributed by atoms with Crippen molar-refractivity contribution in [2.45, 2.75) is 12.8 Å². The number of nitrogens with zero attached hydrogens (tertiary/aromatic N) is 2. The molecule has 0 spiro atoms. The van der Waals surface area contributed by atoms with Crippen LogP contribution in [0.5, 0.6) is 0 Å². The fourth-order valence-electron chi connectivity index (χ4n) is 0.928. The van der Waals surface area contributed by atoms with Crippen LogP contribution >= 0.6 is 11.7 Å². The molecule has 0 aromatic carbocycles. The number of allylic oxidation sites excluding steroid dienone is 1. The number of rotatable bonds is 0. The summed E-state index contributed by atoms with van der Waals surface area (Å²) < 4.78 is 8.24. The molecule has 0 aliphatic heterocycles. The van der Waals surface area contributed by atoms with Gasteiger partial charge in [0.1, 0.15) is 0 Å². The van der Waals surface area contributed by atoms with E-state index in [9.17, 15) is 0 Å². The van der Waals surface area contributed by atoms with E-state index in [4.69, 9.17) is 0 Å². The molecule has 0 saturated heterocycles. The predicted octanol–water partition coefficient (Wildman–Crippen LogP) is 1.50. The standard InChI is InChI=1S/C6H6N2S/c1-2-4-6-5(3-1)7-9-8-6/h1,3H,2,4H2. The van der Waals surface area contributed by atoms with E-state index in [0.717, 1.165) is 18.5 Å². The van der Waals surface area contributed by atoms with Crippen molar-refractivity contribution < 1.29 is 0 Å². The van der Waals surface area contributed by atoms with Crippen molar-refractivity contribution in [1.82, 2.24) is 8.75 Å². The lowest BCUT2D eigenvalue weighted by Crippen LogP contribution is -1.91. The summed E-state index contributed by atoms with van der Waals surface area (Å²) in [6.45, 7) is 0. The Balaban J connectivity index is 2.53. The first-order valence-corrected chi connectivity index (χ1v) is 3.68. The maximum absolute atomic E-state index is 4.14. The Morgan fingerprint density at radius 3 is 3.33 bits per heavy atom. The summed E-state index contributed by atoms with van der Waals surface area (Å²) in [7, 11) is 0. The highest BCUT2D eigenvalue weighted by molar-refractivity contribution is 6.99. The number of hydrogen-bond donors (Lipinski definition) is 0. The predicted molar refractivity (Wildman–Crippen MR) is 37.3 cm³/mol. The highest BCUT2D eigenvalue weighted by atomic mass is 32.1. The van der Waals surface area contributed by atoms with Gasteiger partial charge in [0.25, 0.3) is 0 Å².